The number of nitrogens with one attached hydrogen (secondary N) is 1. The van der Waals surface area contributed by atoms with E-state index in [0.717, 1.165) is 36.6 Å². The molecule has 37 heavy (non-hydrogen) atoms. The van der Waals surface area contributed by atoms with Crippen LogP contribution in [-0.4, -0.2) is 39.1 Å². The van der Waals surface area contributed by atoms with Crippen molar-refractivity contribution in [1.82, 2.24) is 15.0 Å². The Labute approximate surface area is 226 Å². The van der Waals surface area contributed by atoms with Gasteiger partial charge in [0.05, 0.1) is 29.6 Å². The molecule has 4 aromatic rings. The zero-order valence-corrected chi connectivity index (χ0v) is 22.3. The zero-order valence-electron chi connectivity index (χ0n) is 19.9. The van der Waals surface area contributed by atoms with E-state index >= 15 is 0 Å². The molecule has 0 fully saturated rings. The molecule has 2 aromatic heterocycles. The molecule has 190 valence electrons. The van der Waals surface area contributed by atoms with E-state index in [0.29, 0.717) is 44.0 Å². The smallest absolute Gasteiger partial charge is 0.267 e. The van der Waals surface area contributed by atoms with Gasteiger partial charge in [0, 0.05) is 15.5 Å². The predicted molar refractivity (Wildman–Crippen MR) is 148 cm³/mol. The molecule has 0 bridgehead atoms. The Morgan fingerprint density at radius 3 is 2.89 bits per heavy atom. The van der Waals surface area contributed by atoms with Crippen molar-refractivity contribution in [2.24, 2.45) is 5.10 Å². The highest BCUT2D eigenvalue weighted by Crippen LogP contribution is 2.36. The van der Waals surface area contributed by atoms with Crippen molar-refractivity contribution in [3.8, 4) is 17.2 Å². The lowest BCUT2D eigenvalue weighted by molar-refractivity contribution is -0.118. The highest BCUT2D eigenvalue weighted by molar-refractivity contribution is 7.99. The quantitative estimate of drug-likeness (QED) is 0.138. The van der Waals surface area contributed by atoms with Crippen LogP contribution in [0.25, 0.3) is 15.9 Å². The van der Waals surface area contributed by atoms with Crippen LogP contribution in [0.2, 0.25) is 5.02 Å². The second-order valence-electron chi connectivity index (χ2n) is 8.26. The molecular weight excluding hydrogens is 532 g/mol. The Morgan fingerprint density at radius 1 is 1.30 bits per heavy atom. The molecule has 0 saturated heterocycles. The van der Waals surface area contributed by atoms with Crippen molar-refractivity contribution >= 4 is 57.0 Å². The molecule has 2 aromatic carbocycles. The number of thioether (sulfide) groups is 1. The summed E-state index contributed by atoms with van der Waals surface area (Å²) in [7, 11) is 0. The van der Waals surface area contributed by atoms with Crippen molar-refractivity contribution < 1.29 is 14.6 Å². The molecule has 1 amide bonds. The lowest BCUT2D eigenvalue weighted by Crippen LogP contribution is -2.24. The number of ether oxygens (including phenoxy) is 1. The number of halogens is 1. The molecular formula is C26H23ClN4O4S2. The van der Waals surface area contributed by atoms with Crippen molar-refractivity contribution in [3.63, 3.8) is 0 Å². The highest BCUT2D eigenvalue weighted by atomic mass is 35.5. The van der Waals surface area contributed by atoms with Crippen LogP contribution in [0.15, 0.2) is 57.5 Å². The number of carbonyl (C=O) groups excluding carboxylic acids is 1. The number of hydrazone groups is 1. The first kappa shape index (κ1) is 25.3. The SMILES string of the molecule is CCOc1cccc(C=NNC(=O)CSc2nc3sc4c(c3c(=O)n2-c2ccc(Cl)cc2)CCC4)c1O. The van der Waals surface area contributed by atoms with Crippen LogP contribution < -0.4 is 15.7 Å². The topological polar surface area (TPSA) is 106 Å². The Hall–Kier alpha value is -3.34. The van der Waals surface area contributed by atoms with Gasteiger partial charge in [0.15, 0.2) is 16.7 Å². The lowest BCUT2D eigenvalue weighted by atomic mass is 10.2. The number of phenols is 1. The second kappa shape index (κ2) is 11.0. The molecule has 5 rings (SSSR count). The molecule has 0 atom stereocenters. The number of benzene rings is 2. The van der Waals surface area contributed by atoms with E-state index in [1.807, 2.05) is 6.92 Å². The molecule has 2 heterocycles. The van der Waals surface area contributed by atoms with Crippen molar-refractivity contribution in [1.29, 1.82) is 0 Å². The number of nitrogens with zero attached hydrogens (tertiary/aromatic N) is 3. The minimum Gasteiger partial charge on any atom is -0.504 e. The molecule has 1 aliphatic rings. The van der Waals surface area contributed by atoms with Gasteiger partial charge in [-0.25, -0.2) is 10.4 Å². The van der Waals surface area contributed by atoms with E-state index in [1.165, 1.54) is 11.1 Å². The fraction of sp³-hybridized carbons (Fsp3) is 0.231. The van der Waals surface area contributed by atoms with Gasteiger partial charge in [0.25, 0.3) is 11.5 Å². The maximum atomic E-state index is 13.7. The first-order valence-corrected chi connectivity index (χ1v) is 13.9. The van der Waals surface area contributed by atoms with Crippen molar-refractivity contribution in [2.45, 2.75) is 31.3 Å². The third-order valence-corrected chi connectivity index (χ3v) is 8.22. The van der Waals surface area contributed by atoms with E-state index in [1.54, 1.807) is 58.4 Å². The van der Waals surface area contributed by atoms with Crippen LogP contribution in [-0.2, 0) is 17.6 Å². The van der Waals surface area contributed by atoms with E-state index in [9.17, 15) is 14.7 Å². The van der Waals surface area contributed by atoms with Gasteiger partial charge >= 0.3 is 0 Å². The Bertz CT molecular complexity index is 1560. The van der Waals surface area contributed by atoms with Gasteiger partial charge in [-0.15, -0.1) is 11.3 Å². The van der Waals surface area contributed by atoms with Crippen molar-refractivity contribution in [3.05, 3.63) is 73.8 Å². The van der Waals surface area contributed by atoms with Crippen LogP contribution >= 0.6 is 34.7 Å². The van der Waals surface area contributed by atoms with Crippen LogP contribution in [0.5, 0.6) is 11.5 Å². The summed E-state index contributed by atoms with van der Waals surface area (Å²) >= 11 is 8.78. The van der Waals surface area contributed by atoms with Crippen LogP contribution in [0.1, 0.15) is 29.3 Å². The normalized spacial score (nSPS) is 12.8. The molecule has 0 aliphatic heterocycles. The minimum absolute atomic E-state index is 0.0149. The monoisotopic (exact) mass is 554 g/mol. The summed E-state index contributed by atoms with van der Waals surface area (Å²) in [5.74, 6) is -0.107. The maximum Gasteiger partial charge on any atom is 0.267 e. The van der Waals surface area contributed by atoms with Crippen LogP contribution in [0.4, 0.5) is 0 Å². The Balaban J connectivity index is 1.37. The summed E-state index contributed by atoms with van der Waals surface area (Å²) < 4.78 is 6.91. The number of thiophene rings is 1. The van der Waals surface area contributed by atoms with E-state index in [-0.39, 0.29) is 23.0 Å². The summed E-state index contributed by atoms with van der Waals surface area (Å²) in [6.45, 7) is 2.24. The average Bonchev–Trinajstić information content (AvgIpc) is 3.47. The average molecular weight is 555 g/mol. The van der Waals surface area contributed by atoms with E-state index in [4.69, 9.17) is 21.3 Å². The molecule has 0 spiro atoms. The summed E-state index contributed by atoms with van der Waals surface area (Å²) in [4.78, 5) is 32.9. The number of fused-ring (bicyclic) bond motifs is 3. The van der Waals surface area contributed by atoms with Gasteiger partial charge < -0.3 is 9.84 Å². The third-order valence-electron chi connectivity index (χ3n) is 5.85. The van der Waals surface area contributed by atoms with Gasteiger partial charge in [-0.1, -0.05) is 29.4 Å². The summed E-state index contributed by atoms with van der Waals surface area (Å²) in [6, 6.07) is 12.0. The first-order valence-electron chi connectivity index (χ1n) is 11.7. The number of para-hydroxylation sites is 1. The number of hydrogen-bond donors (Lipinski definition) is 2. The second-order valence-corrected chi connectivity index (χ2v) is 10.7. The lowest BCUT2D eigenvalue weighted by Gasteiger charge is -2.12. The van der Waals surface area contributed by atoms with Gasteiger partial charge in [0.1, 0.15) is 4.83 Å². The number of rotatable bonds is 8. The van der Waals surface area contributed by atoms with Crippen LogP contribution in [0, 0.1) is 0 Å². The van der Waals surface area contributed by atoms with E-state index in [2.05, 4.69) is 10.5 Å². The molecule has 11 heteroatoms. The number of aryl methyl sites for hydroxylation is 2. The standard InChI is InChI=1S/C26H23ClN4O4S2/c1-2-35-19-7-3-5-15(23(19)33)13-28-30-21(32)14-36-26-29-24-22(18-6-4-8-20(18)37-24)25(34)31(26)17-11-9-16(27)10-12-17/h3,5,7,9-13,33H,2,4,6,8,14H2,1H3,(H,30,32). The Kier molecular flexibility index (Phi) is 7.50. The number of aromatic nitrogens is 2. The largest absolute Gasteiger partial charge is 0.504 e. The Morgan fingerprint density at radius 2 is 2.11 bits per heavy atom. The van der Waals surface area contributed by atoms with Gasteiger partial charge in [0.2, 0.25) is 0 Å². The molecule has 8 nitrogen and oxygen atoms in total. The van der Waals surface area contributed by atoms with Gasteiger partial charge in [-0.3, -0.25) is 14.2 Å². The fourth-order valence-corrected chi connectivity index (χ4v) is 6.42. The van der Waals surface area contributed by atoms with Crippen molar-refractivity contribution in [2.75, 3.05) is 12.4 Å². The third kappa shape index (κ3) is 5.22. The summed E-state index contributed by atoms with van der Waals surface area (Å²) in [6.07, 6.45) is 4.23. The number of hydrogen-bond acceptors (Lipinski definition) is 8. The fourth-order valence-electron chi connectivity index (χ4n) is 4.19. The summed E-state index contributed by atoms with van der Waals surface area (Å²) in [5, 5.41) is 15.9. The first-order chi connectivity index (χ1) is 18.0. The summed E-state index contributed by atoms with van der Waals surface area (Å²) in [5.41, 5.74) is 4.46. The number of aromatic hydroxyl groups is 1. The molecule has 0 radical (unpaired) electrons. The molecule has 0 saturated carbocycles. The minimum atomic E-state index is -0.382. The van der Waals surface area contributed by atoms with Crippen LogP contribution in [0.3, 0.4) is 0 Å². The number of amides is 1. The van der Waals surface area contributed by atoms with Gasteiger partial charge in [-0.05, 0) is 68.1 Å². The zero-order chi connectivity index (χ0) is 25.9. The molecule has 1 aliphatic carbocycles. The maximum absolute atomic E-state index is 13.7. The highest BCUT2D eigenvalue weighted by Gasteiger charge is 2.24. The van der Waals surface area contributed by atoms with Gasteiger partial charge in [-0.2, -0.15) is 5.10 Å². The number of carbonyl (C=O) groups is 1. The number of phenolic OH excluding ortho intramolecular Hbond substituents is 1. The van der Waals surface area contributed by atoms with E-state index < -0.39 is 0 Å². The molecule has 0 unspecified atom stereocenters. The molecule has 2 N–H and O–H groups in total. The predicted octanol–water partition coefficient (Wildman–Crippen LogP) is 4.94.